The van der Waals surface area contributed by atoms with Crippen molar-refractivity contribution in [3.8, 4) is 0 Å². The van der Waals surface area contributed by atoms with Crippen LogP contribution in [-0.2, 0) is 16.6 Å². The summed E-state index contributed by atoms with van der Waals surface area (Å²) in [6.07, 6.45) is 1.96. The van der Waals surface area contributed by atoms with Gasteiger partial charge in [0.15, 0.2) is 0 Å². The molecule has 0 N–H and O–H groups in total. The molecule has 1 aliphatic carbocycles. The van der Waals surface area contributed by atoms with Crippen LogP contribution in [0.5, 0.6) is 0 Å². The molecule has 6 heteroatoms. The number of aryl methyl sites for hydroxylation is 1. The van der Waals surface area contributed by atoms with E-state index in [4.69, 9.17) is 0 Å². The molecule has 0 bridgehead atoms. The molecule has 2 aromatic heterocycles. The summed E-state index contributed by atoms with van der Waals surface area (Å²) in [6, 6.07) is 7.74. The molecule has 19 heavy (non-hydrogen) atoms. The highest BCUT2D eigenvalue weighted by Gasteiger charge is 2.38. The van der Waals surface area contributed by atoms with Crippen molar-refractivity contribution >= 4 is 32.7 Å². The van der Waals surface area contributed by atoms with Gasteiger partial charge in [-0.1, -0.05) is 6.07 Å². The summed E-state index contributed by atoms with van der Waals surface area (Å²) in [4.78, 5) is 2.13. The average molecular weight is 313 g/mol. The molecule has 0 aromatic carbocycles. The van der Waals surface area contributed by atoms with E-state index in [1.807, 2.05) is 30.5 Å². The zero-order valence-electron chi connectivity index (χ0n) is 10.6. The topological polar surface area (TPSA) is 37.4 Å². The zero-order chi connectivity index (χ0) is 13.5. The number of rotatable bonds is 5. The fraction of sp³-hybridized carbons (Fsp3) is 0.385. The van der Waals surface area contributed by atoms with Gasteiger partial charge < -0.3 is 0 Å². The van der Waals surface area contributed by atoms with Gasteiger partial charge in [-0.3, -0.25) is 0 Å². The molecule has 0 aliphatic heterocycles. The van der Waals surface area contributed by atoms with E-state index in [2.05, 4.69) is 0 Å². The van der Waals surface area contributed by atoms with E-state index in [9.17, 15) is 8.42 Å². The van der Waals surface area contributed by atoms with E-state index in [1.54, 1.807) is 21.7 Å². The van der Waals surface area contributed by atoms with Crippen molar-refractivity contribution in [2.75, 3.05) is 0 Å². The average Bonchev–Trinajstić information content (AvgIpc) is 2.88. The van der Waals surface area contributed by atoms with E-state index in [0.29, 0.717) is 10.8 Å². The number of thiophene rings is 2. The van der Waals surface area contributed by atoms with Gasteiger partial charge in [0.05, 0.1) is 0 Å². The Labute approximate surface area is 121 Å². The number of sulfonamides is 1. The Balaban J connectivity index is 1.91. The third kappa shape index (κ3) is 2.76. The Morgan fingerprint density at radius 1 is 1.32 bits per heavy atom. The van der Waals surface area contributed by atoms with Crippen molar-refractivity contribution in [1.29, 1.82) is 0 Å². The number of hydrogen-bond donors (Lipinski definition) is 0. The van der Waals surface area contributed by atoms with Crippen molar-refractivity contribution < 1.29 is 8.42 Å². The van der Waals surface area contributed by atoms with E-state index >= 15 is 0 Å². The lowest BCUT2D eigenvalue weighted by Crippen LogP contribution is -2.31. The maximum Gasteiger partial charge on any atom is 0.253 e. The second-order valence-electron chi connectivity index (χ2n) is 4.73. The quantitative estimate of drug-likeness (QED) is 0.847. The zero-order valence-corrected chi connectivity index (χ0v) is 13.0. The van der Waals surface area contributed by atoms with Crippen molar-refractivity contribution in [2.45, 2.75) is 36.6 Å². The number of hydrogen-bond acceptors (Lipinski definition) is 4. The largest absolute Gasteiger partial charge is 0.253 e. The fourth-order valence-corrected chi connectivity index (χ4v) is 5.86. The van der Waals surface area contributed by atoms with Gasteiger partial charge in [-0.15, -0.1) is 22.7 Å². The Morgan fingerprint density at radius 2 is 2.11 bits per heavy atom. The van der Waals surface area contributed by atoms with Crippen LogP contribution in [0.25, 0.3) is 0 Å². The van der Waals surface area contributed by atoms with Crippen molar-refractivity contribution in [1.82, 2.24) is 4.31 Å². The lowest BCUT2D eigenvalue weighted by atomic mass is 10.4. The van der Waals surface area contributed by atoms with Crippen LogP contribution in [0.15, 0.2) is 33.9 Å². The van der Waals surface area contributed by atoms with Crippen molar-refractivity contribution in [3.63, 3.8) is 0 Å². The van der Waals surface area contributed by atoms with E-state index in [0.717, 1.165) is 22.6 Å². The van der Waals surface area contributed by atoms with Crippen LogP contribution in [0, 0.1) is 6.92 Å². The summed E-state index contributed by atoms with van der Waals surface area (Å²) < 4.78 is 27.5. The SMILES string of the molecule is Cc1ccc(S(=O)(=O)N(Cc2cccs2)C2CC2)s1. The molecule has 0 unspecified atom stereocenters. The van der Waals surface area contributed by atoms with Gasteiger partial charge in [0, 0.05) is 22.3 Å². The van der Waals surface area contributed by atoms with Crippen LogP contribution in [0.4, 0.5) is 0 Å². The minimum absolute atomic E-state index is 0.189. The summed E-state index contributed by atoms with van der Waals surface area (Å²) >= 11 is 2.96. The van der Waals surface area contributed by atoms with Crippen LogP contribution in [0.1, 0.15) is 22.6 Å². The molecule has 2 aromatic rings. The van der Waals surface area contributed by atoms with Gasteiger partial charge in [0.1, 0.15) is 4.21 Å². The second kappa shape index (κ2) is 5.01. The summed E-state index contributed by atoms with van der Waals surface area (Å²) in [5.74, 6) is 0. The Morgan fingerprint density at radius 3 is 2.63 bits per heavy atom. The Hall–Kier alpha value is -0.690. The molecule has 3 rings (SSSR count). The molecule has 1 fully saturated rings. The van der Waals surface area contributed by atoms with Crippen LogP contribution in [-0.4, -0.2) is 18.8 Å². The molecule has 1 saturated carbocycles. The van der Waals surface area contributed by atoms with Gasteiger partial charge >= 0.3 is 0 Å². The van der Waals surface area contributed by atoms with Crippen LogP contribution < -0.4 is 0 Å². The predicted octanol–water partition coefficient (Wildman–Crippen LogP) is 3.47. The summed E-state index contributed by atoms with van der Waals surface area (Å²) in [5.41, 5.74) is 0. The van der Waals surface area contributed by atoms with Gasteiger partial charge in [-0.2, -0.15) is 4.31 Å². The van der Waals surface area contributed by atoms with Crippen molar-refractivity contribution in [3.05, 3.63) is 39.4 Å². The smallest absolute Gasteiger partial charge is 0.206 e. The molecule has 0 amide bonds. The van der Waals surface area contributed by atoms with E-state index in [1.165, 1.54) is 11.3 Å². The lowest BCUT2D eigenvalue weighted by Gasteiger charge is -2.20. The first-order chi connectivity index (χ1) is 9.07. The first-order valence-corrected chi connectivity index (χ1v) is 9.31. The second-order valence-corrected chi connectivity index (χ2v) is 9.16. The third-order valence-electron chi connectivity index (χ3n) is 3.12. The fourth-order valence-electron chi connectivity index (χ4n) is 2.00. The van der Waals surface area contributed by atoms with Crippen LogP contribution in [0.3, 0.4) is 0 Å². The van der Waals surface area contributed by atoms with Crippen LogP contribution >= 0.6 is 22.7 Å². The van der Waals surface area contributed by atoms with Gasteiger partial charge in [0.25, 0.3) is 10.0 Å². The monoisotopic (exact) mass is 313 g/mol. The molecule has 1 aliphatic rings. The molecular weight excluding hydrogens is 298 g/mol. The molecule has 0 saturated heterocycles. The maximum atomic E-state index is 12.7. The standard InChI is InChI=1S/C13H15NO2S3/c1-10-4-7-13(18-10)19(15,16)14(11-5-6-11)9-12-3-2-8-17-12/h2-4,7-8,11H,5-6,9H2,1H3. The molecule has 3 nitrogen and oxygen atoms in total. The molecule has 0 atom stereocenters. The predicted molar refractivity (Wildman–Crippen MR) is 79.1 cm³/mol. The van der Waals surface area contributed by atoms with Crippen molar-refractivity contribution in [2.24, 2.45) is 0 Å². The first-order valence-electron chi connectivity index (χ1n) is 6.18. The van der Waals surface area contributed by atoms with Gasteiger partial charge in [-0.25, -0.2) is 8.42 Å². The Bertz CT molecular complexity index is 654. The van der Waals surface area contributed by atoms with Gasteiger partial charge in [0.2, 0.25) is 0 Å². The maximum absolute atomic E-state index is 12.7. The summed E-state index contributed by atoms with van der Waals surface area (Å²) in [5, 5.41) is 1.99. The van der Waals surface area contributed by atoms with Crippen LogP contribution in [0.2, 0.25) is 0 Å². The Kier molecular flexibility index (Phi) is 3.51. The lowest BCUT2D eigenvalue weighted by molar-refractivity contribution is 0.403. The third-order valence-corrected chi connectivity index (χ3v) is 7.35. The minimum atomic E-state index is -3.33. The van der Waals surface area contributed by atoms with Gasteiger partial charge in [-0.05, 0) is 43.3 Å². The molecule has 2 heterocycles. The minimum Gasteiger partial charge on any atom is -0.206 e. The molecule has 0 radical (unpaired) electrons. The summed E-state index contributed by atoms with van der Waals surface area (Å²) in [6.45, 7) is 2.44. The highest BCUT2D eigenvalue weighted by atomic mass is 32.2. The first kappa shape index (κ1) is 13.3. The van der Waals surface area contributed by atoms with E-state index in [-0.39, 0.29) is 6.04 Å². The van der Waals surface area contributed by atoms with E-state index < -0.39 is 10.0 Å². The normalized spacial score (nSPS) is 16.1. The molecule has 0 spiro atoms. The molecule has 102 valence electrons. The highest BCUT2D eigenvalue weighted by Crippen LogP contribution is 2.35. The highest BCUT2D eigenvalue weighted by molar-refractivity contribution is 7.91. The summed E-state index contributed by atoms with van der Waals surface area (Å²) in [7, 11) is -3.33. The molecular formula is C13H15NO2S3. The number of nitrogens with zero attached hydrogens (tertiary/aromatic N) is 1.